The fourth-order valence-corrected chi connectivity index (χ4v) is 1.96. The molecule has 1 unspecified atom stereocenters. The van der Waals surface area contributed by atoms with Crippen LogP contribution in [0.4, 0.5) is 0 Å². The van der Waals surface area contributed by atoms with E-state index in [1.54, 1.807) is 6.07 Å². The molecule has 1 atom stereocenters. The van der Waals surface area contributed by atoms with Gasteiger partial charge in [0.15, 0.2) is 0 Å². The summed E-state index contributed by atoms with van der Waals surface area (Å²) in [7, 11) is 0. The highest BCUT2D eigenvalue weighted by molar-refractivity contribution is 5.87. The number of benzene rings is 2. The van der Waals surface area contributed by atoms with Gasteiger partial charge in [-0.15, -0.1) is 0 Å². The van der Waals surface area contributed by atoms with Gasteiger partial charge in [-0.1, -0.05) is 30.3 Å². The second kappa shape index (κ2) is 4.54. The normalized spacial score (nSPS) is 12.9. The molecule has 0 radical (unpaired) electrons. The Kier molecular flexibility index (Phi) is 3.11. The second-order valence-electron chi connectivity index (χ2n) is 4.30. The molecule has 2 rings (SSSR count). The van der Waals surface area contributed by atoms with Crippen molar-refractivity contribution in [3.05, 3.63) is 42.0 Å². The van der Waals surface area contributed by atoms with Gasteiger partial charge < -0.3 is 10.8 Å². The van der Waals surface area contributed by atoms with E-state index in [2.05, 4.69) is 6.07 Å². The van der Waals surface area contributed by atoms with Crippen molar-refractivity contribution < 1.29 is 5.11 Å². The van der Waals surface area contributed by atoms with Gasteiger partial charge in [-0.05, 0) is 36.6 Å². The summed E-state index contributed by atoms with van der Waals surface area (Å²) in [6, 6.07) is 12.0. The van der Waals surface area contributed by atoms with Crippen molar-refractivity contribution in [3.63, 3.8) is 0 Å². The number of fused-ring (bicyclic) bond motifs is 1. The number of aromatic hydroxyl groups is 1. The van der Waals surface area contributed by atoms with Gasteiger partial charge in [0.1, 0.15) is 5.75 Å². The summed E-state index contributed by atoms with van der Waals surface area (Å²) in [5.41, 5.74) is 6.76. The van der Waals surface area contributed by atoms with E-state index in [-0.39, 0.29) is 6.04 Å². The third kappa shape index (κ3) is 2.17. The zero-order valence-corrected chi connectivity index (χ0v) is 9.48. The van der Waals surface area contributed by atoms with Crippen LogP contribution in [0.5, 0.6) is 5.75 Å². The standard InChI is InChI=1S/C14H17NO/c1-10(15)6-8-13-12-5-3-2-4-11(12)7-9-14(13)16/h2-5,7,9-10,16H,6,8,15H2,1H3. The maximum atomic E-state index is 9.88. The van der Waals surface area contributed by atoms with Crippen LogP contribution in [-0.4, -0.2) is 11.1 Å². The first-order valence-corrected chi connectivity index (χ1v) is 5.63. The molecule has 0 amide bonds. The Bertz CT molecular complexity index is 491. The van der Waals surface area contributed by atoms with Gasteiger partial charge in [-0.3, -0.25) is 0 Å². The number of nitrogens with two attached hydrogens (primary N) is 1. The minimum absolute atomic E-state index is 0.165. The Hall–Kier alpha value is -1.54. The highest BCUT2D eigenvalue weighted by atomic mass is 16.3. The SMILES string of the molecule is CC(N)CCc1c(O)ccc2ccccc12. The van der Waals surface area contributed by atoms with E-state index in [1.807, 2.05) is 31.2 Å². The molecule has 0 saturated carbocycles. The molecule has 2 aromatic carbocycles. The summed E-state index contributed by atoms with van der Waals surface area (Å²) < 4.78 is 0. The van der Waals surface area contributed by atoms with Crippen LogP contribution in [0.25, 0.3) is 10.8 Å². The quantitative estimate of drug-likeness (QED) is 0.827. The number of phenolic OH excluding ortho intramolecular Hbond substituents is 1. The zero-order chi connectivity index (χ0) is 11.5. The fourth-order valence-electron chi connectivity index (χ4n) is 1.96. The third-order valence-corrected chi connectivity index (χ3v) is 2.87. The molecule has 16 heavy (non-hydrogen) atoms. The molecule has 0 aliphatic carbocycles. The van der Waals surface area contributed by atoms with Crippen LogP contribution in [0.15, 0.2) is 36.4 Å². The molecule has 0 saturated heterocycles. The average Bonchev–Trinajstić information content (AvgIpc) is 2.27. The minimum Gasteiger partial charge on any atom is -0.508 e. The molecule has 3 N–H and O–H groups in total. The molecule has 0 aliphatic heterocycles. The summed E-state index contributed by atoms with van der Waals surface area (Å²) in [5, 5.41) is 12.2. The van der Waals surface area contributed by atoms with Crippen molar-refractivity contribution in [2.45, 2.75) is 25.8 Å². The van der Waals surface area contributed by atoms with Crippen molar-refractivity contribution >= 4 is 10.8 Å². The number of hydrogen-bond acceptors (Lipinski definition) is 2. The van der Waals surface area contributed by atoms with Crippen LogP contribution in [-0.2, 0) is 6.42 Å². The van der Waals surface area contributed by atoms with E-state index >= 15 is 0 Å². The van der Waals surface area contributed by atoms with Crippen molar-refractivity contribution in [2.75, 3.05) is 0 Å². The van der Waals surface area contributed by atoms with E-state index in [9.17, 15) is 5.11 Å². The summed E-state index contributed by atoms with van der Waals surface area (Å²) in [6.45, 7) is 1.99. The first-order valence-electron chi connectivity index (χ1n) is 5.63. The first kappa shape index (κ1) is 11.0. The van der Waals surface area contributed by atoms with Crippen LogP contribution >= 0.6 is 0 Å². The largest absolute Gasteiger partial charge is 0.508 e. The summed E-state index contributed by atoms with van der Waals surface area (Å²) in [6.07, 6.45) is 1.71. The Morgan fingerprint density at radius 1 is 1.19 bits per heavy atom. The number of aryl methyl sites for hydroxylation is 1. The van der Waals surface area contributed by atoms with E-state index in [4.69, 9.17) is 5.73 Å². The Balaban J connectivity index is 2.44. The lowest BCUT2D eigenvalue weighted by Crippen LogP contribution is -2.15. The fraction of sp³-hybridized carbons (Fsp3) is 0.286. The predicted octanol–water partition coefficient (Wildman–Crippen LogP) is 2.83. The van der Waals surface area contributed by atoms with Crippen LogP contribution in [0.3, 0.4) is 0 Å². The van der Waals surface area contributed by atoms with E-state index < -0.39 is 0 Å². The molecule has 2 aromatic rings. The highest BCUT2D eigenvalue weighted by Gasteiger charge is 2.07. The lowest BCUT2D eigenvalue weighted by atomic mass is 9.98. The summed E-state index contributed by atoms with van der Waals surface area (Å²) in [5.74, 6) is 0.374. The summed E-state index contributed by atoms with van der Waals surface area (Å²) in [4.78, 5) is 0. The molecule has 0 aliphatic rings. The Labute approximate surface area is 95.7 Å². The van der Waals surface area contributed by atoms with Gasteiger partial charge in [0.05, 0.1) is 0 Å². The number of rotatable bonds is 3. The molecule has 0 spiro atoms. The zero-order valence-electron chi connectivity index (χ0n) is 9.48. The third-order valence-electron chi connectivity index (χ3n) is 2.87. The Morgan fingerprint density at radius 2 is 1.94 bits per heavy atom. The maximum absolute atomic E-state index is 9.88. The Morgan fingerprint density at radius 3 is 2.69 bits per heavy atom. The van der Waals surface area contributed by atoms with Gasteiger partial charge in [0, 0.05) is 11.6 Å². The van der Waals surface area contributed by atoms with Crippen LogP contribution in [0.2, 0.25) is 0 Å². The molecule has 84 valence electrons. The molecular formula is C14H17NO. The van der Waals surface area contributed by atoms with Crippen molar-refractivity contribution in [2.24, 2.45) is 5.73 Å². The topological polar surface area (TPSA) is 46.2 Å². The molecule has 0 heterocycles. The van der Waals surface area contributed by atoms with Crippen LogP contribution < -0.4 is 5.73 Å². The molecule has 0 fully saturated rings. The number of hydrogen-bond donors (Lipinski definition) is 2. The van der Waals surface area contributed by atoms with E-state index in [1.165, 1.54) is 5.39 Å². The average molecular weight is 215 g/mol. The monoisotopic (exact) mass is 215 g/mol. The lowest BCUT2D eigenvalue weighted by molar-refractivity contribution is 0.467. The van der Waals surface area contributed by atoms with Crippen LogP contribution in [0, 0.1) is 0 Å². The van der Waals surface area contributed by atoms with Gasteiger partial charge in [-0.2, -0.15) is 0 Å². The summed E-state index contributed by atoms with van der Waals surface area (Å²) >= 11 is 0. The van der Waals surface area contributed by atoms with Gasteiger partial charge >= 0.3 is 0 Å². The van der Waals surface area contributed by atoms with Crippen molar-refractivity contribution in [1.82, 2.24) is 0 Å². The van der Waals surface area contributed by atoms with Crippen molar-refractivity contribution in [1.29, 1.82) is 0 Å². The minimum atomic E-state index is 0.165. The first-order chi connectivity index (χ1) is 7.68. The van der Waals surface area contributed by atoms with E-state index in [0.29, 0.717) is 5.75 Å². The number of phenols is 1. The smallest absolute Gasteiger partial charge is 0.119 e. The predicted molar refractivity (Wildman–Crippen MR) is 67.6 cm³/mol. The highest BCUT2D eigenvalue weighted by Crippen LogP contribution is 2.28. The second-order valence-corrected chi connectivity index (χ2v) is 4.30. The van der Waals surface area contributed by atoms with E-state index in [0.717, 1.165) is 23.8 Å². The van der Waals surface area contributed by atoms with Gasteiger partial charge in [0.2, 0.25) is 0 Å². The molecule has 0 bridgehead atoms. The van der Waals surface area contributed by atoms with Crippen molar-refractivity contribution in [3.8, 4) is 5.75 Å². The maximum Gasteiger partial charge on any atom is 0.119 e. The van der Waals surface area contributed by atoms with Gasteiger partial charge in [-0.25, -0.2) is 0 Å². The molecule has 0 aromatic heterocycles. The molecule has 2 nitrogen and oxygen atoms in total. The lowest BCUT2D eigenvalue weighted by Gasteiger charge is -2.10. The molecule has 2 heteroatoms. The van der Waals surface area contributed by atoms with Crippen LogP contribution in [0.1, 0.15) is 18.9 Å². The molecular weight excluding hydrogens is 198 g/mol. The van der Waals surface area contributed by atoms with Gasteiger partial charge in [0.25, 0.3) is 0 Å².